The Labute approximate surface area is 110 Å². The Morgan fingerprint density at radius 3 is 2.47 bits per heavy atom. The molecule has 102 valence electrons. The maximum atomic E-state index is 11.4. The molecular weight excluding hydrogens is 240 g/mol. The van der Waals surface area contributed by atoms with Crippen molar-refractivity contribution in [2.24, 2.45) is 11.7 Å². The lowest BCUT2D eigenvalue weighted by molar-refractivity contribution is -0.126. The molecule has 0 spiro atoms. The van der Waals surface area contributed by atoms with Gasteiger partial charge in [-0.3, -0.25) is 4.79 Å². The maximum Gasteiger partial charge on any atom is 0.246 e. The number of carbonyl (C=O) groups excluding carboxylic acids is 1. The van der Waals surface area contributed by atoms with Crippen LogP contribution in [0.4, 0.5) is 0 Å². The van der Waals surface area contributed by atoms with Crippen LogP contribution in [0.3, 0.4) is 0 Å². The Morgan fingerprint density at radius 2 is 2.00 bits per heavy atom. The molecule has 1 saturated carbocycles. The minimum absolute atomic E-state index is 0. The van der Waals surface area contributed by atoms with Crippen molar-refractivity contribution in [1.29, 1.82) is 0 Å². The molecule has 0 aromatic carbocycles. The Morgan fingerprint density at radius 1 is 1.41 bits per heavy atom. The second kappa shape index (κ2) is 7.90. The molecule has 4 nitrogen and oxygen atoms in total. The van der Waals surface area contributed by atoms with E-state index in [1.165, 1.54) is 12.8 Å². The highest BCUT2D eigenvalue weighted by Gasteiger charge is 2.23. The van der Waals surface area contributed by atoms with Crippen molar-refractivity contribution in [3.8, 4) is 0 Å². The fourth-order valence-electron chi connectivity index (χ4n) is 1.43. The van der Waals surface area contributed by atoms with E-state index in [-0.39, 0.29) is 30.5 Å². The van der Waals surface area contributed by atoms with E-state index in [4.69, 9.17) is 10.5 Å². The number of hydrogen-bond donors (Lipinski definition) is 2. The third-order valence-corrected chi connectivity index (χ3v) is 3.33. The van der Waals surface area contributed by atoms with Gasteiger partial charge < -0.3 is 15.8 Å². The van der Waals surface area contributed by atoms with Gasteiger partial charge in [-0.2, -0.15) is 0 Å². The minimum Gasteiger partial charge on any atom is -0.371 e. The molecular formula is C12H25ClN2O2. The van der Waals surface area contributed by atoms with Crippen molar-refractivity contribution in [3.05, 3.63) is 0 Å². The highest BCUT2D eigenvalue weighted by molar-refractivity contribution is 5.85. The second-order valence-electron chi connectivity index (χ2n) is 4.80. The van der Waals surface area contributed by atoms with Gasteiger partial charge in [-0.1, -0.05) is 13.8 Å². The van der Waals surface area contributed by atoms with Crippen LogP contribution in [0.15, 0.2) is 0 Å². The van der Waals surface area contributed by atoms with E-state index in [9.17, 15) is 4.79 Å². The lowest BCUT2D eigenvalue weighted by Crippen LogP contribution is -2.49. The Hall–Kier alpha value is -0.320. The van der Waals surface area contributed by atoms with Crippen LogP contribution in [0.25, 0.3) is 0 Å². The molecule has 1 rings (SSSR count). The summed E-state index contributed by atoms with van der Waals surface area (Å²) in [5, 5.41) is 2.83. The van der Waals surface area contributed by atoms with Crippen LogP contribution in [-0.4, -0.2) is 31.2 Å². The SMILES string of the molecule is CCC(N)(CC)CNC(=O)COCC1CC1.Cl. The van der Waals surface area contributed by atoms with Crippen LogP contribution in [0.1, 0.15) is 39.5 Å². The lowest BCUT2D eigenvalue weighted by atomic mass is 9.94. The first-order valence-electron chi connectivity index (χ1n) is 6.23. The average Bonchev–Trinajstić information content (AvgIpc) is 3.10. The molecule has 1 aliphatic carbocycles. The highest BCUT2D eigenvalue weighted by atomic mass is 35.5. The van der Waals surface area contributed by atoms with Crippen LogP contribution in [0, 0.1) is 5.92 Å². The minimum atomic E-state index is -0.272. The van der Waals surface area contributed by atoms with Gasteiger partial charge in [0, 0.05) is 12.1 Å². The summed E-state index contributed by atoms with van der Waals surface area (Å²) < 4.78 is 5.30. The molecule has 0 atom stereocenters. The first-order chi connectivity index (χ1) is 7.59. The van der Waals surface area contributed by atoms with E-state index in [1.54, 1.807) is 0 Å². The van der Waals surface area contributed by atoms with Gasteiger partial charge in [0.15, 0.2) is 0 Å². The fourth-order valence-corrected chi connectivity index (χ4v) is 1.43. The third kappa shape index (κ3) is 6.86. The quantitative estimate of drug-likeness (QED) is 0.698. The molecule has 0 bridgehead atoms. The number of halogens is 1. The zero-order chi connectivity index (χ0) is 12.0. The van der Waals surface area contributed by atoms with Gasteiger partial charge in [0.05, 0.1) is 6.61 Å². The molecule has 0 heterocycles. The van der Waals surface area contributed by atoms with E-state index in [1.807, 2.05) is 13.8 Å². The standard InChI is InChI=1S/C12H24N2O2.ClH/c1-3-12(13,4-2)9-14-11(15)8-16-7-10-5-6-10;/h10H,3-9,13H2,1-2H3,(H,14,15);1H. The summed E-state index contributed by atoms with van der Waals surface area (Å²) in [5.74, 6) is 0.644. The van der Waals surface area contributed by atoms with E-state index >= 15 is 0 Å². The van der Waals surface area contributed by atoms with Crippen LogP contribution in [-0.2, 0) is 9.53 Å². The van der Waals surface area contributed by atoms with Crippen LogP contribution in [0.2, 0.25) is 0 Å². The third-order valence-electron chi connectivity index (χ3n) is 3.33. The number of nitrogens with two attached hydrogens (primary N) is 1. The fraction of sp³-hybridized carbons (Fsp3) is 0.917. The molecule has 3 N–H and O–H groups in total. The summed E-state index contributed by atoms with van der Waals surface area (Å²) >= 11 is 0. The first-order valence-corrected chi connectivity index (χ1v) is 6.23. The van der Waals surface area contributed by atoms with Crippen molar-refractivity contribution in [3.63, 3.8) is 0 Å². The number of hydrogen-bond acceptors (Lipinski definition) is 3. The molecule has 0 radical (unpaired) electrons. The van der Waals surface area contributed by atoms with Crippen molar-refractivity contribution >= 4 is 18.3 Å². The van der Waals surface area contributed by atoms with E-state index < -0.39 is 0 Å². The molecule has 1 aliphatic rings. The van der Waals surface area contributed by atoms with Crippen molar-refractivity contribution < 1.29 is 9.53 Å². The second-order valence-corrected chi connectivity index (χ2v) is 4.80. The Balaban J connectivity index is 0.00000256. The number of carbonyl (C=O) groups is 1. The lowest BCUT2D eigenvalue weighted by Gasteiger charge is -2.26. The molecule has 0 unspecified atom stereocenters. The molecule has 0 saturated heterocycles. The van der Waals surface area contributed by atoms with Gasteiger partial charge >= 0.3 is 0 Å². The summed E-state index contributed by atoms with van der Waals surface area (Å²) in [6.45, 7) is 5.51. The normalized spacial score (nSPS) is 15.2. The predicted octanol–water partition coefficient (Wildman–Crippen LogP) is 1.47. The zero-order valence-corrected chi connectivity index (χ0v) is 11.6. The zero-order valence-electron chi connectivity index (χ0n) is 10.8. The van der Waals surface area contributed by atoms with E-state index in [2.05, 4.69) is 5.32 Å². The number of nitrogens with one attached hydrogen (secondary N) is 1. The van der Waals surface area contributed by atoms with E-state index in [0.717, 1.165) is 19.4 Å². The summed E-state index contributed by atoms with van der Waals surface area (Å²) in [6, 6.07) is 0. The molecule has 0 aromatic heterocycles. The number of amides is 1. The monoisotopic (exact) mass is 264 g/mol. The first kappa shape index (κ1) is 16.7. The Bertz CT molecular complexity index is 229. The Kier molecular flexibility index (Phi) is 7.75. The van der Waals surface area contributed by atoms with Gasteiger partial charge in [0.25, 0.3) is 0 Å². The van der Waals surface area contributed by atoms with Crippen LogP contribution < -0.4 is 11.1 Å². The van der Waals surface area contributed by atoms with Crippen molar-refractivity contribution in [2.75, 3.05) is 19.8 Å². The summed E-state index contributed by atoms with van der Waals surface area (Å²) in [6.07, 6.45) is 4.23. The largest absolute Gasteiger partial charge is 0.371 e. The average molecular weight is 265 g/mol. The van der Waals surface area contributed by atoms with Crippen molar-refractivity contribution in [2.45, 2.75) is 45.1 Å². The highest BCUT2D eigenvalue weighted by Crippen LogP contribution is 2.28. The molecule has 0 aliphatic heterocycles. The smallest absolute Gasteiger partial charge is 0.246 e. The molecule has 1 amide bonds. The number of ether oxygens (including phenoxy) is 1. The summed E-state index contributed by atoms with van der Waals surface area (Å²) in [7, 11) is 0. The van der Waals surface area contributed by atoms with Gasteiger partial charge in [-0.05, 0) is 31.6 Å². The topological polar surface area (TPSA) is 64.3 Å². The van der Waals surface area contributed by atoms with E-state index in [0.29, 0.717) is 12.5 Å². The number of rotatable bonds is 8. The summed E-state index contributed by atoms with van der Waals surface area (Å²) in [5.41, 5.74) is 5.80. The predicted molar refractivity (Wildman–Crippen MR) is 71.3 cm³/mol. The van der Waals surface area contributed by atoms with Crippen LogP contribution >= 0.6 is 12.4 Å². The van der Waals surface area contributed by atoms with Gasteiger partial charge in [-0.25, -0.2) is 0 Å². The van der Waals surface area contributed by atoms with Crippen LogP contribution in [0.5, 0.6) is 0 Å². The maximum absolute atomic E-state index is 11.4. The van der Waals surface area contributed by atoms with Gasteiger partial charge in [-0.15, -0.1) is 12.4 Å². The molecule has 17 heavy (non-hydrogen) atoms. The summed E-state index contributed by atoms with van der Waals surface area (Å²) in [4.78, 5) is 11.4. The van der Waals surface area contributed by atoms with Gasteiger partial charge in [0.2, 0.25) is 5.91 Å². The van der Waals surface area contributed by atoms with Crippen molar-refractivity contribution in [1.82, 2.24) is 5.32 Å². The molecule has 0 aromatic rings. The van der Waals surface area contributed by atoms with Gasteiger partial charge in [0.1, 0.15) is 6.61 Å². The molecule has 5 heteroatoms. The molecule has 1 fully saturated rings.